The molecule has 1 aliphatic rings. The maximum absolute atomic E-state index is 12.9. The van der Waals surface area contributed by atoms with Crippen molar-refractivity contribution in [2.24, 2.45) is 0 Å². The lowest BCUT2D eigenvalue weighted by Gasteiger charge is -2.13. The first kappa shape index (κ1) is 28.3. The number of nitrogens with zero attached hydrogens (tertiary/aromatic N) is 2. The van der Waals surface area contributed by atoms with Gasteiger partial charge in [-0.3, -0.25) is 29.4 Å². The van der Waals surface area contributed by atoms with Crippen LogP contribution in [0.15, 0.2) is 74.5 Å². The zero-order chi connectivity index (χ0) is 28.1. The highest BCUT2D eigenvalue weighted by molar-refractivity contribution is 9.10. The summed E-state index contributed by atoms with van der Waals surface area (Å²) in [6.45, 7) is -0.278. The van der Waals surface area contributed by atoms with Crippen molar-refractivity contribution in [3.8, 4) is 11.5 Å². The number of halogens is 2. The van der Waals surface area contributed by atoms with Crippen LogP contribution in [0, 0.1) is 10.1 Å². The average molecular weight is 677 g/mol. The fourth-order valence-corrected chi connectivity index (χ4v) is 4.99. The predicted octanol–water partition coefficient (Wildman–Crippen LogP) is 6.38. The number of imide groups is 1. The highest BCUT2D eigenvalue weighted by Gasteiger charge is 2.36. The first-order valence-corrected chi connectivity index (χ1v) is 13.6. The summed E-state index contributed by atoms with van der Waals surface area (Å²) in [6.07, 6.45) is 1.53. The van der Waals surface area contributed by atoms with Crippen LogP contribution in [0.3, 0.4) is 0 Å². The number of nitrogens with one attached hydrogen (secondary N) is 1. The van der Waals surface area contributed by atoms with E-state index in [0.717, 1.165) is 26.7 Å². The number of carbonyl (C=O) groups excluding carboxylic acids is 3. The van der Waals surface area contributed by atoms with Gasteiger partial charge < -0.3 is 14.8 Å². The Hall–Kier alpha value is -3.68. The summed E-state index contributed by atoms with van der Waals surface area (Å²) in [7, 11) is 1.46. The highest BCUT2D eigenvalue weighted by Crippen LogP contribution is 2.38. The Labute approximate surface area is 243 Å². The summed E-state index contributed by atoms with van der Waals surface area (Å²) in [5, 5.41) is 12.9. The van der Waals surface area contributed by atoms with Gasteiger partial charge in [0.05, 0.1) is 16.9 Å². The van der Waals surface area contributed by atoms with Gasteiger partial charge in [0, 0.05) is 26.8 Å². The van der Waals surface area contributed by atoms with Crippen molar-refractivity contribution in [1.29, 1.82) is 0 Å². The minimum atomic E-state index is -0.583. The van der Waals surface area contributed by atoms with Gasteiger partial charge in [-0.15, -0.1) is 0 Å². The Bertz CT molecular complexity index is 1480. The Morgan fingerprint density at radius 1 is 1.08 bits per heavy atom. The number of benzene rings is 3. The number of non-ortho nitro benzene ring substituents is 1. The molecule has 3 aromatic rings. The molecule has 200 valence electrons. The van der Waals surface area contributed by atoms with E-state index in [1.165, 1.54) is 25.3 Å². The second kappa shape index (κ2) is 12.5. The van der Waals surface area contributed by atoms with E-state index in [0.29, 0.717) is 27.2 Å². The molecule has 1 heterocycles. The van der Waals surface area contributed by atoms with E-state index in [4.69, 9.17) is 9.47 Å². The zero-order valence-corrected chi connectivity index (χ0v) is 24.2. The molecule has 1 saturated heterocycles. The van der Waals surface area contributed by atoms with Gasteiger partial charge in [-0.05, 0) is 77.5 Å². The summed E-state index contributed by atoms with van der Waals surface area (Å²) in [4.78, 5) is 49.3. The van der Waals surface area contributed by atoms with Crippen LogP contribution in [0.1, 0.15) is 11.1 Å². The molecule has 4 rings (SSSR count). The Balaban J connectivity index is 1.45. The zero-order valence-electron chi connectivity index (χ0n) is 20.2. The Morgan fingerprint density at radius 2 is 1.77 bits per heavy atom. The first-order chi connectivity index (χ1) is 18.6. The maximum atomic E-state index is 12.9. The van der Waals surface area contributed by atoms with Crippen molar-refractivity contribution in [2.45, 2.75) is 6.61 Å². The van der Waals surface area contributed by atoms with E-state index >= 15 is 0 Å². The van der Waals surface area contributed by atoms with E-state index in [1.807, 2.05) is 0 Å². The molecular weight excluding hydrogens is 658 g/mol. The van der Waals surface area contributed by atoms with Gasteiger partial charge in [0.1, 0.15) is 13.2 Å². The summed E-state index contributed by atoms with van der Waals surface area (Å²) in [5.74, 6) is -0.310. The van der Waals surface area contributed by atoms with Crippen LogP contribution in [-0.2, 0) is 16.2 Å². The molecule has 3 aromatic carbocycles. The van der Waals surface area contributed by atoms with E-state index in [1.54, 1.807) is 48.5 Å². The summed E-state index contributed by atoms with van der Waals surface area (Å²) in [5.41, 5.74) is 1.80. The number of carbonyl (C=O) groups is 3. The summed E-state index contributed by atoms with van der Waals surface area (Å²) < 4.78 is 12.7. The number of hydrogen-bond acceptors (Lipinski definition) is 8. The van der Waals surface area contributed by atoms with E-state index < -0.39 is 28.5 Å². The second-order valence-electron chi connectivity index (χ2n) is 8.06. The largest absolute Gasteiger partial charge is 0.493 e. The van der Waals surface area contributed by atoms with Gasteiger partial charge in [0.25, 0.3) is 16.8 Å². The lowest BCUT2D eigenvalue weighted by Crippen LogP contribution is -2.36. The Kier molecular flexibility index (Phi) is 9.04. The minimum Gasteiger partial charge on any atom is -0.493 e. The summed E-state index contributed by atoms with van der Waals surface area (Å²) >= 11 is 7.51. The maximum Gasteiger partial charge on any atom is 0.294 e. The third-order valence-electron chi connectivity index (χ3n) is 5.41. The molecule has 1 fully saturated rings. The number of anilines is 1. The molecule has 0 atom stereocenters. The quantitative estimate of drug-likeness (QED) is 0.157. The topological polar surface area (TPSA) is 128 Å². The summed E-state index contributed by atoms with van der Waals surface area (Å²) in [6, 6.07) is 16.2. The van der Waals surface area contributed by atoms with Gasteiger partial charge in [0.2, 0.25) is 5.91 Å². The molecule has 10 nitrogen and oxygen atoms in total. The van der Waals surface area contributed by atoms with Crippen LogP contribution >= 0.6 is 43.6 Å². The molecule has 1 aliphatic heterocycles. The molecule has 0 bridgehead atoms. The van der Waals surface area contributed by atoms with Crippen molar-refractivity contribution in [3.63, 3.8) is 0 Å². The van der Waals surface area contributed by atoms with E-state index in [-0.39, 0.29) is 17.2 Å². The van der Waals surface area contributed by atoms with Crippen molar-refractivity contribution < 1.29 is 28.8 Å². The van der Waals surface area contributed by atoms with Gasteiger partial charge in [-0.2, -0.15) is 0 Å². The molecule has 1 N–H and O–H groups in total. The van der Waals surface area contributed by atoms with E-state index in [9.17, 15) is 24.5 Å². The van der Waals surface area contributed by atoms with Gasteiger partial charge in [0.15, 0.2) is 11.5 Å². The van der Waals surface area contributed by atoms with Crippen LogP contribution < -0.4 is 14.8 Å². The molecular formula is C26H19Br2N3O7S. The third kappa shape index (κ3) is 7.05. The van der Waals surface area contributed by atoms with Crippen LogP contribution in [0.4, 0.5) is 16.2 Å². The van der Waals surface area contributed by atoms with Crippen molar-refractivity contribution in [1.82, 2.24) is 4.90 Å². The normalized spacial score (nSPS) is 14.0. The van der Waals surface area contributed by atoms with E-state index in [2.05, 4.69) is 37.2 Å². The van der Waals surface area contributed by atoms with Gasteiger partial charge in [-0.25, -0.2) is 0 Å². The lowest BCUT2D eigenvalue weighted by molar-refractivity contribution is -0.384. The van der Waals surface area contributed by atoms with Crippen molar-refractivity contribution in [3.05, 3.63) is 95.8 Å². The van der Waals surface area contributed by atoms with Crippen molar-refractivity contribution in [2.75, 3.05) is 19.0 Å². The number of ether oxygens (including phenoxy) is 2. The predicted molar refractivity (Wildman–Crippen MR) is 154 cm³/mol. The number of nitro benzene ring substituents is 1. The number of rotatable bonds is 9. The average Bonchev–Trinajstić information content (AvgIpc) is 3.17. The van der Waals surface area contributed by atoms with Gasteiger partial charge >= 0.3 is 0 Å². The molecule has 0 aromatic heterocycles. The first-order valence-electron chi connectivity index (χ1n) is 11.2. The Morgan fingerprint density at radius 3 is 2.41 bits per heavy atom. The monoisotopic (exact) mass is 675 g/mol. The highest BCUT2D eigenvalue weighted by atomic mass is 79.9. The molecule has 0 saturated carbocycles. The molecule has 3 amide bonds. The SMILES string of the molecule is COc1cc(/C=C2/SC(=O)N(CC(=O)Nc3ccc(Br)cc3)C2=O)c(Br)cc1OCc1ccc([N+](=O)[O-])cc1. The number of methoxy groups -OCH3 is 1. The minimum absolute atomic E-state index is 0.0157. The van der Waals surface area contributed by atoms with Gasteiger partial charge in [-0.1, -0.05) is 31.9 Å². The van der Waals surface area contributed by atoms with Crippen LogP contribution in [0.5, 0.6) is 11.5 Å². The standard InChI is InChI=1S/C26H19Br2N3O7S/c1-37-21-10-16(20(28)12-22(21)38-14-15-2-8-19(9-3-15)31(35)36)11-23-25(33)30(26(34)39-23)13-24(32)29-18-6-4-17(27)5-7-18/h2-12H,13-14H2,1H3,(H,29,32)/b23-11+. The molecule has 0 aliphatic carbocycles. The number of amides is 3. The van der Waals surface area contributed by atoms with Crippen molar-refractivity contribution >= 4 is 78.1 Å². The second-order valence-corrected chi connectivity index (χ2v) is 10.8. The number of nitro groups is 1. The molecule has 39 heavy (non-hydrogen) atoms. The lowest BCUT2D eigenvalue weighted by atomic mass is 10.1. The molecule has 0 radical (unpaired) electrons. The van der Waals surface area contributed by atoms with Crippen LogP contribution in [0.25, 0.3) is 6.08 Å². The molecule has 0 unspecified atom stereocenters. The smallest absolute Gasteiger partial charge is 0.294 e. The molecule has 13 heteroatoms. The fourth-order valence-electron chi connectivity index (χ4n) is 3.46. The van der Waals surface area contributed by atoms with Crippen LogP contribution in [0.2, 0.25) is 0 Å². The third-order valence-corrected chi connectivity index (χ3v) is 7.54. The molecule has 0 spiro atoms. The fraction of sp³-hybridized carbons (Fsp3) is 0.115. The number of thioether (sulfide) groups is 1. The number of hydrogen-bond donors (Lipinski definition) is 1. The van der Waals surface area contributed by atoms with Crippen LogP contribution in [-0.4, -0.2) is 40.5 Å².